The van der Waals surface area contributed by atoms with E-state index in [1.165, 1.54) is 57.1 Å². The van der Waals surface area contributed by atoms with Crippen molar-refractivity contribution in [1.82, 2.24) is 5.43 Å². The Morgan fingerprint density at radius 1 is 1.14 bits per heavy atom. The van der Waals surface area contributed by atoms with Crippen molar-refractivity contribution in [2.24, 2.45) is 5.84 Å². The summed E-state index contributed by atoms with van der Waals surface area (Å²) >= 11 is 6.05. The van der Waals surface area contributed by atoms with E-state index < -0.39 is 0 Å². The first-order chi connectivity index (χ1) is 10.2. The number of nitrogens with one attached hydrogen (secondary N) is 1. The number of rotatable bonds is 11. The van der Waals surface area contributed by atoms with E-state index in [1.54, 1.807) is 6.07 Å². The van der Waals surface area contributed by atoms with Crippen molar-refractivity contribution in [2.45, 2.75) is 70.8 Å². The van der Waals surface area contributed by atoms with Gasteiger partial charge in [-0.2, -0.15) is 0 Å². The fourth-order valence-electron chi connectivity index (χ4n) is 2.54. The molecular formula is C17H28ClFN2. The summed E-state index contributed by atoms with van der Waals surface area (Å²) in [7, 11) is 0. The second kappa shape index (κ2) is 11.0. The molecule has 4 heteroatoms. The Kier molecular flexibility index (Phi) is 9.64. The largest absolute Gasteiger partial charge is 0.271 e. The first-order valence-corrected chi connectivity index (χ1v) is 8.45. The minimum atomic E-state index is -0.298. The van der Waals surface area contributed by atoms with Crippen LogP contribution in [0.1, 0.15) is 63.9 Å². The molecule has 0 aliphatic carbocycles. The molecule has 1 atom stereocenters. The van der Waals surface area contributed by atoms with E-state index >= 15 is 0 Å². The second-order valence-electron chi connectivity index (χ2n) is 5.71. The van der Waals surface area contributed by atoms with E-state index in [0.29, 0.717) is 5.02 Å². The molecule has 0 amide bonds. The summed E-state index contributed by atoms with van der Waals surface area (Å²) in [6.45, 7) is 2.23. The highest BCUT2D eigenvalue weighted by molar-refractivity contribution is 6.31. The van der Waals surface area contributed by atoms with Gasteiger partial charge in [0.15, 0.2) is 0 Å². The van der Waals surface area contributed by atoms with Crippen molar-refractivity contribution in [3.8, 4) is 0 Å². The average molecular weight is 315 g/mol. The number of benzene rings is 1. The summed E-state index contributed by atoms with van der Waals surface area (Å²) < 4.78 is 13.0. The lowest BCUT2D eigenvalue weighted by Gasteiger charge is -2.16. The molecule has 2 nitrogen and oxygen atoms in total. The van der Waals surface area contributed by atoms with E-state index in [9.17, 15) is 4.39 Å². The molecule has 0 bridgehead atoms. The maximum atomic E-state index is 13.0. The van der Waals surface area contributed by atoms with Gasteiger partial charge in [0.25, 0.3) is 0 Å². The van der Waals surface area contributed by atoms with Crippen molar-refractivity contribution in [3.05, 3.63) is 34.6 Å². The molecule has 0 saturated carbocycles. The lowest BCUT2D eigenvalue weighted by Crippen LogP contribution is -2.36. The third-order valence-electron chi connectivity index (χ3n) is 3.87. The molecule has 21 heavy (non-hydrogen) atoms. The predicted octanol–water partition coefficient (Wildman–Crippen LogP) is 4.99. The van der Waals surface area contributed by atoms with E-state index in [0.717, 1.165) is 18.4 Å². The van der Waals surface area contributed by atoms with Crippen LogP contribution in [-0.4, -0.2) is 6.04 Å². The van der Waals surface area contributed by atoms with Crippen LogP contribution in [0.25, 0.3) is 0 Å². The minimum absolute atomic E-state index is 0.198. The van der Waals surface area contributed by atoms with E-state index in [-0.39, 0.29) is 11.9 Å². The van der Waals surface area contributed by atoms with Crippen LogP contribution in [0, 0.1) is 5.82 Å². The molecule has 0 fully saturated rings. The van der Waals surface area contributed by atoms with Crippen LogP contribution in [-0.2, 0) is 6.42 Å². The highest BCUT2D eigenvalue weighted by Gasteiger charge is 2.10. The molecule has 0 heterocycles. The molecular weight excluding hydrogens is 287 g/mol. The van der Waals surface area contributed by atoms with E-state index in [1.807, 2.05) is 0 Å². The van der Waals surface area contributed by atoms with Gasteiger partial charge in [-0.3, -0.25) is 11.3 Å². The topological polar surface area (TPSA) is 38.0 Å². The van der Waals surface area contributed by atoms with Crippen LogP contribution in [0.4, 0.5) is 4.39 Å². The van der Waals surface area contributed by atoms with Gasteiger partial charge >= 0.3 is 0 Å². The van der Waals surface area contributed by atoms with Crippen LogP contribution < -0.4 is 11.3 Å². The SMILES string of the molecule is CCCCCCCCCC(Cc1ccc(F)cc1Cl)NN. The molecule has 1 aromatic carbocycles. The van der Waals surface area contributed by atoms with Crippen molar-refractivity contribution in [2.75, 3.05) is 0 Å². The van der Waals surface area contributed by atoms with Crippen LogP contribution >= 0.6 is 11.6 Å². The quantitative estimate of drug-likeness (QED) is 0.343. The van der Waals surface area contributed by atoms with Gasteiger partial charge in [-0.1, -0.05) is 69.5 Å². The van der Waals surface area contributed by atoms with Gasteiger partial charge in [-0.15, -0.1) is 0 Å². The summed E-state index contributed by atoms with van der Waals surface area (Å²) in [6.07, 6.45) is 10.8. The molecule has 0 radical (unpaired) electrons. The zero-order valence-electron chi connectivity index (χ0n) is 13.0. The van der Waals surface area contributed by atoms with Gasteiger partial charge in [0.2, 0.25) is 0 Å². The Morgan fingerprint density at radius 3 is 2.43 bits per heavy atom. The zero-order chi connectivity index (χ0) is 15.5. The van der Waals surface area contributed by atoms with Gasteiger partial charge in [-0.25, -0.2) is 4.39 Å². The maximum absolute atomic E-state index is 13.0. The fraction of sp³-hybridized carbons (Fsp3) is 0.647. The van der Waals surface area contributed by atoms with Crippen LogP contribution in [0.5, 0.6) is 0 Å². The third kappa shape index (κ3) is 7.79. The summed E-state index contributed by atoms with van der Waals surface area (Å²) in [4.78, 5) is 0. The summed E-state index contributed by atoms with van der Waals surface area (Å²) in [5, 5.41) is 0.481. The Labute approximate surface area is 133 Å². The Balaban J connectivity index is 2.25. The number of hydrogen-bond acceptors (Lipinski definition) is 2. The third-order valence-corrected chi connectivity index (χ3v) is 4.23. The smallest absolute Gasteiger partial charge is 0.124 e. The van der Waals surface area contributed by atoms with Crippen molar-refractivity contribution >= 4 is 11.6 Å². The zero-order valence-corrected chi connectivity index (χ0v) is 13.8. The molecule has 0 aromatic heterocycles. The molecule has 0 saturated heterocycles. The molecule has 1 aromatic rings. The standard InChI is InChI=1S/C17H28ClFN2/c1-2-3-4-5-6-7-8-9-16(21-20)12-14-10-11-15(19)13-17(14)18/h10-11,13,16,21H,2-9,12,20H2,1H3. The highest BCUT2D eigenvalue weighted by Crippen LogP contribution is 2.20. The fourth-order valence-corrected chi connectivity index (χ4v) is 2.79. The molecule has 0 aliphatic rings. The van der Waals surface area contributed by atoms with Crippen molar-refractivity contribution in [1.29, 1.82) is 0 Å². The number of nitrogens with two attached hydrogens (primary N) is 1. The highest BCUT2D eigenvalue weighted by atomic mass is 35.5. The van der Waals surface area contributed by atoms with Crippen LogP contribution in [0.2, 0.25) is 5.02 Å². The first-order valence-electron chi connectivity index (χ1n) is 8.07. The number of unbranched alkanes of at least 4 members (excludes halogenated alkanes) is 6. The first kappa shape index (κ1) is 18.4. The van der Waals surface area contributed by atoms with Crippen LogP contribution in [0.3, 0.4) is 0 Å². The van der Waals surface area contributed by atoms with Gasteiger partial charge in [-0.05, 0) is 30.5 Å². The summed E-state index contributed by atoms with van der Waals surface area (Å²) in [5.41, 5.74) is 3.80. The Bertz CT molecular complexity index is 398. The molecule has 120 valence electrons. The molecule has 1 rings (SSSR count). The number of hydrogen-bond donors (Lipinski definition) is 2. The second-order valence-corrected chi connectivity index (χ2v) is 6.12. The lowest BCUT2D eigenvalue weighted by molar-refractivity contribution is 0.458. The minimum Gasteiger partial charge on any atom is -0.271 e. The summed E-state index contributed by atoms with van der Waals surface area (Å²) in [5.74, 6) is 5.32. The van der Waals surface area contributed by atoms with Gasteiger partial charge in [0.05, 0.1) is 0 Å². The Hall–Kier alpha value is -0.640. The average Bonchev–Trinajstić information content (AvgIpc) is 2.47. The van der Waals surface area contributed by atoms with Crippen LogP contribution in [0.15, 0.2) is 18.2 Å². The Morgan fingerprint density at radius 2 is 1.81 bits per heavy atom. The van der Waals surface area contributed by atoms with E-state index in [2.05, 4.69) is 12.3 Å². The van der Waals surface area contributed by atoms with Crippen molar-refractivity contribution in [3.63, 3.8) is 0 Å². The summed E-state index contributed by atoms with van der Waals surface area (Å²) in [6, 6.07) is 4.75. The van der Waals surface area contributed by atoms with Gasteiger partial charge in [0.1, 0.15) is 5.82 Å². The molecule has 3 N–H and O–H groups in total. The maximum Gasteiger partial charge on any atom is 0.124 e. The molecule has 0 aliphatic heterocycles. The van der Waals surface area contributed by atoms with Gasteiger partial charge in [0, 0.05) is 11.1 Å². The number of hydrazine groups is 1. The van der Waals surface area contributed by atoms with Crippen molar-refractivity contribution < 1.29 is 4.39 Å². The normalized spacial score (nSPS) is 12.6. The monoisotopic (exact) mass is 314 g/mol. The van der Waals surface area contributed by atoms with Gasteiger partial charge < -0.3 is 0 Å². The molecule has 1 unspecified atom stereocenters. The predicted molar refractivity (Wildman–Crippen MR) is 88.8 cm³/mol. The number of halogens is 2. The lowest BCUT2D eigenvalue weighted by atomic mass is 10.00. The molecule has 0 spiro atoms. The van der Waals surface area contributed by atoms with E-state index in [4.69, 9.17) is 17.4 Å².